The first-order valence-electron chi connectivity index (χ1n) is 7.88. The summed E-state index contributed by atoms with van der Waals surface area (Å²) in [5.74, 6) is -0.220. The third-order valence-corrected chi connectivity index (χ3v) is 5.39. The van der Waals surface area contributed by atoms with E-state index >= 15 is 0 Å². The van der Waals surface area contributed by atoms with Crippen LogP contribution in [-0.2, 0) is 11.2 Å². The lowest BCUT2D eigenvalue weighted by atomic mass is 10.0. The van der Waals surface area contributed by atoms with Crippen LogP contribution in [0.5, 0.6) is 5.75 Å². The molecular formula is C17H17FN2O2S. The number of thiazole rings is 1. The lowest BCUT2D eigenvalue weighted by molar-refractivity contribution is -0.142. The fourth-order valence-electron chi connectivity index (χ4n) is 3.40. The maximum atomic E-state index is 13.8. The van der Waals surface area contributed by atoms with Gasteiger partial charge in [0.2, 0.25) is 0 Å². The summed E-state index contributed by atoms with van der Waals surface area (Å²) in [4.78, 5) is 19.2. The highest BCUT2D eigenvalue weighted by atomic mass is 32.1. The number of likely N-dealkylation sites (tertiary alicyclic amines) is 1. The molecule has 0 N–H and O–H groups in total. The molecule has 2 aromatic rings. The number of piperidine rings is 1. The SMILES string of the molecule is O=C([C@@H]1Cc2cccc(F)c2O1)N1CCCC[C@H]1c1nccs1. The first-order valence-corrected chi connectivity index (χ1v) is 8.76. The van der Waals surface area contributed by atoms with Crippen molar-refractivity contribution in [3.05, 3.63) is 46.2 Å². The van der Waals surface area contributed by atoms with E-state index in [9.17, 15) is 9.18 Å². The summed E-state index contributed by atoms with van der Waals surface area (Å²) >= 11 is 1.58. The molecule has 0 unspecified atom stereocenters. The number of nitrogens with zero attached hydrogens (tertiary/aromatic N) is 2. The van der Waals surface area contributed by atoms with E-state index in [2.05, 4.69) is 4.98 Å². The summed E-state index contributed by atoms with van der Waals surface area (Å²) < 4.78 is 19.4. The molecule has 0 bridgehead atoms. The normalized spacial score (nSPS) is 23.4. The Bertz CT molecular complexity index is 719. The highest BCUT2D eigenvalue weighted by molar-refractivity contribution is 7.09. The predicted molar refractivity (Wildman–Crippen MR) is 84.9 cm³/mol. The Morgan fingerprint density at radius 3 is 3.09 bits per heavy atom. The second-order valence-corrected chi connectivity index (χ2v) is 6.88. The third-order valence-electron chi connectivity index (χ3n) is 4.51. The number of carbonyl (C=O) groups is 1. The van der Waals surface area contributed by atoms with E-state index < -0.39 is 11.9 Å². The average molecular weight is 332 g/mol. The highest BCUT2D eigenvalue weighted by Gasteiger charge is 2.38. The van der Waals surface area contributed by atoms with Gasteiger partial charge in [-0.3, -0.25) is 4.79 Å². The quantitative estimate of drug-likeness (QED) is 0.847. The lowest BCUT2D eigenvalue weighted by Crippen LogP contribution is -2.45. The van der Waals surface area contributed by atoms with Crippen LogP contribution in [0.1, 0.15) is 35.9 Å². The van der Waals surface area contributed by atoms with Gasteiger partial charge in [0, 0.05) is 30.1 Å². The van der Waals surface area contributed by atoms with E-state index in [1.165, 1.54) is 6.07 Å². The number of aromatic nitrogens is 1. The van der Waals surface area contributed by atoms with E-state index in [1.807, 2.05) is 16.3 Å². The van der Waals surface area contributed by atoms with Gasteiger partial charge in [0.25, 0.3) is 5.91 Å². The third kappa shape index (κ3) is 2.61. The minimum absolute atomic E-state index is 0.0217. The number of ether oxygens (including phenoxy) is 1. The van der Waals surface area contributed by atoms with E-state index in [0.717, 1.165) is 29.8 Å². The van der Waals surface area contributed by atoms with Crippen LogP contribution in [0.15, 0.2) is 29.8 Å². The molecule has 2 aliphatic heterocycles. The van der Waals surface area contributed by atoms with Gasteiger partial charge in [-0.25, -0.2) is 9.37 Å². The molecule has 3 heterocycles. The molecule has 4 rings (SSSR count). The van der Waals surface area contributed by atoms with Crippen LogP contribution in [0.3, 0.4) is 0 Å². The molecule has 2 aliphatic rings. The van der Waals surface area contributed by atoms with Crippen LogP contribution < -0.4 is 4.74 Å². The second kappa shape index (κ2) is 5.92. The van der Waals surface area contributed by atoms with Crippen molar-refractivity contribution in [1.82, 2.24) is 9.88 Å². The Kier molecular flexibility index (Phi) is 3.77. The molecule has 0 spiro atoms. The predicted octanol–water partition coefficient (Wildman–Crippen LogP) is 3.34. The Hall–Kier alpha value is -1.95. The van der Waals surface area contributed by atoms with Gasteiger partial charge in [-0.05, 0) is 25.3 Å². The molecule has 2 atom stereocenters. The zero-order valence-electron chi connectivity index (χ0n) is 12.6. The number of fused-ring (bicyclic) bond motifs is 1. The molecule has 0 radical (unpaired) electrons. The molecular weight excluding hydrogens is 315 g/mol. The van der Waals surface area contributed by atoms with E-state index in [0.29, 0.717) is 13.0 Å². The Labute approximate surface area is 137 Å². The summed E-state index contributed by atoms with van der Waals surface area (Å²) in [6, 6.07) is 4.86. The number of rotatable bonds is 2. The van der Waals surface area contributed by atoms with Gasteiger partial charge in [-0.1, -0.05) is 12.1 Å². The molecule has 1 amide bonds. The number of para-hydroxylation sites is 1. The molecule has 4 nitrogen and oxygen atoms in total. The molecule has 0 aliphatic carbocycles. The van der Waals surface area contributed by atoms with E-state index in [4.69, 9.17) is 4.74 Å². The summed E-state index contributed by atoms with van der Waals surface area (Å²) in [6.45, 7) is 0.710. The summed E-state index contributed by atoms with van der Waals surface area (Å²) in [5.41, 5.74) is 0.770. The molecule has 1 saturated heterocycles. The Morgan fingerprint density at radius 2 is 2.30 bits per heavy atom. The summed E-state index contributed by atoms with van der Waals surface area (Å²) in [7, 11) is 0. The summed E-state index contributed by atoms with van der Waals surface area (Å²) in [6.07, 6.45) is 4.59. The van der Waals surface area contributed by atoms with Crippen LogP contribution in [0.2, 0.25) is 0 Å². The van der Waals surface area contributed by atoms with E-state index in [-0.39, 0.29) is 17.7 Å². The number of amides is 1. The van der Waals surface area contributed by atoms with Crippen LogP contribution in [0.25, 0.3) is 0 Å². The highest BCUT2D eigenvalue weighted by Crippen LogP contribution is 2.36. The smallest absolute Gasteiger partial charge is 0.264 e. The number of halogens is 1. The van der Waals surface area contributed by atoms with Crippen molar-refractivity contribution in [3.63, 3.8) is 0 Å². The maximum Gasteiger partial charge on any atom is 0.264 e. The van der Waals surface area contributed by atoms with Crippen molar-refractivity contribution < 1.29 is 13.9 Å². The molecule has 120 valence electrons. The number of benzene rings is 1. The van der Waals surface area contributed by atoms with Gasteiger partial charge in [0.1, 0.15) is 5.01 Å². The van der Waals surface area contributed by atoms with Gasteiger partial charge in [-0.15, -0.1) is 11.3 Å². The zero-order chi connectivity index (χ0) is 15.8. The van der Waals surface area contributed by atoms with Crippen molar-refractivity contribution in [3.8, 4) is 5.75 Å². The van der Waals surface area contributed by atoms with Crippen LogP contribution in [-0.4, -0.2) is 28.4 Å². The van der Waals surface area contributed by atoms with E-state index in [1.54, 1.807) is 23.6 Å². The van der Waals surface area contributed by atoms with Gasteiger partial charge in [0.15, 0.2) is 17.7 Å². The van der Waals surface area contributed by atoms with Gasteiger partial charge in [-0.2, -0.15) is 0 Å². The molecule has 1 aromatic carbocycles. The number of hydrogen-bond acceptors (Lipinski definition) is 4. The zero-order valence-corrected chi connectivity index (χ0v) is 13.4. The minimum Gasteiger partial charge on any atom is -0.477 e. The monoisotopic (exact) mass is 332 g/mol. The average Bonchev–Trinajstić information content (AvgIpc) is 3.24. The van der Waals surface area contributed by atoms with Crippen LogP contribution in [0, 0.1) is 5.82 Å². The number of hydrogen-bond donors (Lipinski definition) is 0. The largest absolute Gasteiger partial charge is 0.477 e. The van der Waals surface area contributed by atoms with Crippen LogP contribution >= 0.6 is 11.3 Å². The topological polar surface area (TPSA) is 42.4 Å². The number of carbonyl (C=O) groups excluding carboxylic acids is 1. The molecule has 1 aromatic heterocycles. The standard InChI is InChI=1S/C17H17FN2O2S/c18-12-5-3-4-11-10-14(22-15(11)12)17(21)20-8-2-1-6-13(20)16-19-7-9-23-16/h3-5,7,9,13-14H,1-2,6,8,10H2/t13-,14-/m0/s1. The Morgan fingerprint density at radius 1 is 1.39 bits per heavy atom. The minimum atomic E-state index is -0.623. The van der Waals surface area contributed by atoms with Gasteiger partial charge in [0.05, 0.1) is 6.04 Å². The first-order chi connectivity index (χ1) is 11.2. The van der Waals surface area contributed by atoms with Crippen molar-refractivity contribution >= 4 is 17.2 Å². The molecule has 6 heteroatoms. The lowest BCUT2D eigenvalue weighted by Gasteiger charge is -2.35. The molecule has 0 saturated carbocycles. The van der Waals surface area contributed by atoms with Crippen molar-refractivity contribution in [1.29, 1.82) is 0 Å². The maximum absolute atomic E-state index is 13.8. The fraction of sp³-hybridized carbons (Fsp3) is 0.412. The van der Waals surface area contributed by atoms with Crippen molar-refractivity contribution in [2.24, 2.45) is 0 Å². The van der Waals surface area contributed by atoms with Crippen LogP contribution in [0.4, 0.5) is 4.39 Å². The molecule has 23 heavy (non-hydrogen) atoms. The van der Waals surface area contributed by atoms with Crippen molar-refractivity contribution in [2.45, 2.75) is 37.8 Å². The summed E-state index contributed by atoms with van der Waals surface area (Å²) in [5, 5.41) is 2.91. The fourth-order valence-corrected chi connectivity index (χ4v) is 4.19. The van der Waals surface area contributed by atoms with Gasteiger partial charge >= 0.3 is 0 Å². The van der Waals surface area contributed by atoms with Gasteiger partial charge < -0.3 is 9.64 Å². The van der Waals surface area contributed by atoms with Crippen molar-refractivity contribution in [2.75, 3.05) is 6.54 Å². The molecule has 1 fully saturated rings. The first kappa shape index (κ1) is 14.6. The second-order valence-electron chi connectivity index (χ2n) is 5.95. The Balaban J connectivity index is 1.56.